The maximum Gasteiger partial charge on any atom is 0.168 e. The fraction of sp³-hybridized carbons (Fsp3) is 0.583. The van der Waals surface area contributed by atoms with Gasteiger partial charge in [-0.15, -0.1) is 0 Å². The summed E-state index contributed by atoms with van der Waals surface area (Å²) in [6.07, 6.45) is 4.34. The zero-order valence-corrected chi connectivity index (χ0v) is 9.94. The van der Waals surface area contributed by atoms with Crippen LogP contribution < -0.4 is 10.1 Å². The van der Waals surface area contributed by atoms with Crippen molar-refractivity contribution >= 4 is 5.82 Å². The number of nitrogens with one attached hydrogen (secondary N) is 1. The van der Waals surface area contributed by atoms with E-state index < -0.39 is 0 Å². The van der Waals surface area contributed by atoms with Gasteiger partial charge in [0, 0.05) is 18.8 Å². The Hall–Kier alpha value is -1.29. The zero-order chi connectivity index (χ0) is 11.4. The SMILES string of the molecule is COc1cccnc1NCC1CCCN1C. The number of ether oxygens (including phenoxy) is 1. The van der Waals surface area contributed by atoms with Crippen molar-refractivity contribution < 1.29 is 4.74 Å². The smallest absolute Gasteiger partial charge is 0.168 e. The first-order valence-corrected chi connectivity index (χ1v) is 5.74. The number of likely N-dealkylation sites (N-methyl/N-ethyl adjacent to an activating group) is 1. The second kappa shape index (κ2) is 5.16. The molecule has 1 aliphatic heterocycles. The predicted molar refractivity (Wildman–Crippen MR) is 64.9 cm³/mol. The second-order valence-corrected chi connectivity index (χ2v) is 4.21. The summed E-state index contributed by atoms with van der Waals surface area (Å²) >= 11 is 0. The molecule has 0 radical (unpaired) electrons. The third-order valence-corrected chi connectivity index (χ3v) is 3.17. The van der Waals surface area contributed by atoms with Crippen LogP contribution in [0.2, 0.25) is 0 Å². The summed E-state index contributed by atoms with van der Waals surface area (Å²) in [4.78, 5) is 6.67. The van der Waals surface area contributed by atoms with Crippen LogP contribution in [0.5, 0.6) is 5.75 Å². The standard InChI is InChI=1S/C12H19N3O/c1-15-8-4-5-10(15)9-14-12-11(16-2)6-3-7-13-12/h3,6-7,10H,4-5,8-9H2,1-2H3,(H,13,14). The van der Waals surface area contributed by atoms with Gasteiger partial charge in [-0.3, -0.25) is 0 Å². The first-order chi connectivity index (χ1) is 7.81. The summed E-state index contributed by atoms with van der Waals surface area (Å²) < 4.78 is 5.25. The number of rotatable bonds is 4. The first-order valence-electron chi connectivity index (χ1n) is 5.74. The number of hydrogen-bond donors (Lipinski definition) is 1. The second-order valence-electron chi connectivity index (χ2n) is 4.21. The van der Waals surface area contributed by atoms with Gasteiger partial charge in [0.15, 0.2) is 11.6 Å². The molecule has 1 saturated heterocycles. The molecule has 4 heteroatoms. The van der Waals surface area contributed by atoms with Crippen molar-refractivity contribution in [3.05, 3.63) is 18.3 Å². The van der Waals surface area contributed by atoms with Crippen LogP contribution in [0.4, 0.5) is 5.82 Å². The van der Waals surface area contributed by atoms with Crippen molar-refractivity contribution in [3.8, 4) is 5.75 Å². The largest absolute Gasteiger partial charge is 0.493 e. The Morgan fingerprint density at radius 3 is 3.19 bits per heavy atom. The van der Waals surface area contributed by atoms with Crippen LogP contribution in [0.3, 0.4) is 0 Å². The quantitative estimate of drug-likeness (QED) is 0.838. The van der Waals surface area contributed by atoms with Gasteiger partial charge in [-0.05, 0) is 38.6 Å². The normalized spacial score (nSPS) is 21.0. The number of likely N-dealkylation sites (tertiary alicyclic amines) is 1. The molecule has 0 aromatic carbocycles. The van der Waals surface area contributed by atoms with E-state index in [9.17, 15) is 0 Å². The van der Waals surface area contributed by atoms with Gasteiger partial charge in [-0.2, -0.15) is 0 Å². The van der Waals surface area contributed by atoms with Crippen LogP contribution in [-0.2, 0) is 0 Å². The molecule has 0 amide bonds. The average molecular weight is 221 g/mol. The molecule has 1 atom stereocenters. The lowest BCUT2D eigenvalue weighted by Gasteiger charge is -2.20. The van der Waals surface area contributed by atoms with Gasteiger partial charge in [0.2, 0.25) is 0 Å². The van der Waals surface area contributed by atoms with E-state index >= 15 is 0 Å². The first kappa shape index (κ1) is 11.2. The van der Waals surface area contributed by atoms with E-state index in [0.717, 1.165) is 18.1 Å². The Morgan fingerprint density at radius 1 is 1.62 bits per heavy atom. The van der Waals surface area contributed by atoms with Crippen LogP contribution in [0, 0.1) is 0 Å². The molecule has 1 N–H and O–H groups in total. The maximum atomic E-state index is 5.25. The molecule has 1 aliphatic rings. The molecule has 2 rings (SSSR count). The van der Waals surface area contributed by atoms with E-state index in [1.807, 2.05) is 12.1 Å². The molecule has 1 fully saturated rings. The molecule has 2 heterocycles. The molecule has 1 unspecified atom stereocenters. The molecule has 0 saturated carbocycles. The third kappa shape index (κ3) is 2.44. The van der Waals surface area contributed by atoms with E-state index in [1.165, 1.54) is 19.4 Å². The van der Waals surface area contributed by atoms with Crippen LogP contribution in [0.15, 0.2) is 18.3 Å². The molecule has 0 spiro atoms. The van der Waals surface area contributed by atoms with Gasteiger partial charge >= 0.3 is 0 Å². The number of aromatic nitrogens is 1. The van der Waals surface area contributed by atoms with E-state index in [4.69, 9.17) is 4.74 Å². The average Bonchev–Trinajstić information content (AvgIpc) is 2.72. The lowest BCUT2D eigenvalue weighted by atomic mass is 10.2. The summed E-state index contributed by atoms with van der Waals surface area (Å²) in [5.74, 6) is 1.65. The Labute approximate surface area is 96.6 Å². The highest BCUT2D eigenvalue weighted by Crippen LogP contribution is 2.21. The fourth-order valence-corrected chi connectivity index (χ4v) is 2.14. The van der Waals surface area contributed by atoms with Gasteiger partial charge in [0.25, 0.3) is 0 Å². The lowest BCUT2D eigenvalue weighted by Crippen LogP contribution is -2.31. The summed E-state index contributed by atoms with van der Waals surface area (Å²) in [6.45, 7) is 2.13. The molecule has 4 nitrogen and oxygen atoms in total. The van der Waals surface area contributed by atoms with Crippen molar-refractivity contribution in [2.24, 2.45) is 0 Å². The van der Waals surface area contributed by atoms with Crippen molar-refractivity contribution in [2.75, 3.05) is 32.6 Å². The molecule has 1 aromatic rings. The molecule has 0 aliphatic carbocycles. The van der Waals surface area contributed by atoms with Gasteiger partial charge in [0.1, 0.15) is 0 Å². The monoisotopic (exact) mass is 221 g/mol. The summed E-state index contributed by atoms with van der Waals surface area (Å²) in [6, 6.07) is 4.42. The van der Waals surface area contributed by atoms with Gasteiger partial charge in [0.05, 0.1) is 7.11 Å². The van der Waals surface area contributed by atoms with Crippen molar-refractivity contribution in [2.45, 2.75) is 18.9 Å². The molecular formula is C12H19N3O. The molecule has 0 bridgehead atoms. The van der Waals surface area contributed by atoms with Crippen LogP contribution in [0.1, 0.15) is 12.8 Å². The van der Waals surface area contributed by atoms with E-state index in [-0.39, 0.29) is 0 Å². The molecule has 1 aromatic heterocycles. The third-order valence-electron chi connectivity index (χ3n) is 3.17. The highest BCUT2D eigenvalue weighted by molar-refractivity contribution is 5.49. The minimum absolute atomic E-state index is 0.617. The summed E-state index contributed by atoms with van der Waals surface area (Å²) in [5, 5.41) is 3.36. The number of hydrogen-bond acceptors (Lipinski definition) is 4. The topological polar surface area (TPSA) is 37.4 Å². The number of pyridine rings is 1. The Balaban J connectivity index is 1.93. The maximum absolute atomic E-state index is 5.25. The number of nitrogens with zero attached hydrogens (tertiary/aromatic N) is 2. The van der Waals surface area contributed by atoms with Crippen LogP contribution >= 0.6 is 0 Å². The van der Waals surface area contributed by atoms with E-state index in [2.05, 4.69) is 22.2 Å². The molecule has 16 heavy (non-hydrogen) atoms. The molecule has 88 valence electrons. The van der Waals surface area contributed by atoms with E-state index in [1.54, 1.807) is 13.3 Å². The van der Waals surface area contributed by atoms with Gasteiger partial charge in [-0.1, -0.05) is 0 Å². The zero-order valence-electron chi connectivity index (χ0n) is 9.94. The Kier molecular flexibility index (Phi) is 3.62. The fourth-order valence-electron chi connectivity index (χ4n) is 2.14. The Morgan fingerprint density at radius 2 is 2.50 bits per heavy atom. The summed E-state index contributed by atoms with van der Waals surface area (Å²) in [7, 11) is 3.85. The minimum Gasteiger partial charge on any atom is -0.493 e. The summed E-state index contributed by atoms with van der Waals surface area (Å²) in [5.41, 5.74) is 0. The van der Waals surface area contributed by atoms with Crippen molar-refractivity contribution in [3.63, 3.8) is 0 Å². The van der Waals surface area contributed by atoms with Crippen molar-refractivity contribution in [1.82, 2.24) is 9.88 Å². The van der Waals surface area contributed by atoms with E-state index in [0.29, 0.717) is 6.04 Å². The lowest BCUT2D eigenvalue weighted by molar-refractivity contribution is 0.321. The van der Waals surface area contributed by atoms with Gasteiger partial charge < -0.3 is 15.0 Å². The number of methoxy groups -OCH3 is 1. The van der Waals surface area contributed by atoms with Crippen molar-refractivity contribution in [1.29, 1.82) is 0 Å². The molecular weight excluding hydrogens is 202 g/mol. The Bertz CT molecular complexity index is 343. The predicted octanol–water partition coefficient (Wildman–Crippen LogP) is 1.60. The van der Waals surface area contributed by atoms with Crippen LogP contribution in [-0.4, -0.2) is 43.2 Å². The van der Waals surface area contributed by atoms with Gasteiger partial charge in [-0.25, -0.2) is 4.98 Å². The highest BCUT2D eigenvalue weighted by atomic mass is 16.5. The number of anilines is 1. The van der Waals surface area contributed by atoms with Crippen LogP contribution in [0.25, 0.3) is 0 Å². The minimum atomic E-state index is 0.617. The highest BCUT2D eigenvalue weighted by Gasteiger charge is 2.20.